The molecule has 2 heteroatoms. The van der Waals surface area contributed by atoms with Crippen molar-refractivity contribution in [3.8, 4) is 0 Å². The zero-order chi connectivity index (χ0) is 3.54. The third-order valence-corrected chi connectivity index (χ3v) is 1.59. The molecular weight excluding hydrogens is 131 g/mol. The summed E-state index contributed by atoms with van der Waals surface area (Å²) in [5, 5.41) is 0. The molecule has 0 aromatic heterocycles. The van der Waals surface area contributed by atoms with Gasteiger partial charge in [0.25, 0.3) is 0 Å². The number of hydrogen-bond donors (Lipinski definition) is 0. The van der Waals surface area contributed by atoms with Crippen molar-refractivity contribution >= 4 is 15.0 Å². The Morgan fingerprint density at radius 2 is 2.80 bits per heavy atom. The average molecular weight is 135 g/mol. The summed E-state index contributed by atoms with van der Waals surface area (Å²) in [5.41, 5.74) is 0.951. The quantitative estimate of drug-likeness (QED) is 0.429. The van der Waals surface area contributed by atoms with Gasteiger partial charge in [-0.2, -0.15) is 0 Å². The van der Waals surface area contributed by atoms with Crippen LogP contribution in [0.5, 0.6) is 0 Å². The monoisotopic (exact) mass is 136 g/mol. The van der Waals surface area contributed by atoms with Gasteiger partial charge in [-0.05, 0) is 0 Å². The number of rotatable bonds is 0. The standard InChI is InChI=1S/C3H4OSe/c1-2-5-3-4-1/h1-2H,3H2. The molecule has 0 amide bonds. The molecule has 0 aromatic rings. The van der Waals surface area contributed by atoms with E-state index in [2.05, 4.69) is 4.97 Å². The average Bonchev–Trinajstić information content (AvgIpc) is 1.76. The molecule has 1 heterocycles. The summed E-state index contributed by atoms with van der Waals surface area (Å²) in [5.74, 6) is 0. The molecule has 0 N–H and O–H groups in total. The van der Waals surface area contributed by atoms with E-state index in [9.17, 15) is 0 Å². The van der Waals surface area contributed by atoms with E-state index < -0.39 is 0 Å². The zero-order valence-corrected chi connectivity index (χ0v) is 4.39. The summed E-state index contributed by atoms with van der Waals surface area (Å²) in [6.45, 7) is 0. The first-order chi connectivity index (χ1) is 2.50. The van der Waals surface area contributed by atoms with Crippen LogP contribution >= 0.6 is 0 Å². The Hall–Kier alpha value is 0.0595. The summed E-state index contributed by atoms with van der Waals surface area (Å²) in [6, 6.07) is 0. The Bertz CT molecular complexity index is 44.9. The van der Waals surface area contributed by atoms with Gasteiger partial charge in [0.15, 0.2) is 0 Å². The van der Waals surface area contributed by atoms with E-state index in [1.54, 1.807) is 6.26 Å². The molecule has 1 aliphatic rings. The van der Waals surface area contributed by atoms with Crippen LogP contribution in [-0.2, 0) is 4.74 Å². The molecule has 5 heavy (non-hydrogen) atoms. The van der Waals surface area contributed by atoms with Gasteiger partial charge in [0.2, 0.25) is 0 Å². The molecule has 0 radical (unpaired) electrons. The SMILES string of the molecule is C1=C[Se]CO1. The second kappa shape index (κ2) is 1.48. The van der Waals surface area contributed by atoms with Crippen molar-refractivity contribution in [2.75, 3.05) is 5.51 Å². The van der Waals surface area contributed by atoms with Crippen LogP contribution < -0.4 is 0 Å². The summed E-state index contributed by atoms with van der Waals surface area (Å²) < 4.78 is 4.79. The van der Waals surface area contributed by atoms with Gasteiger partial charge in [0, 0.05) is 0 Å². The molecule has 28 valence electrons. The van der Waals surface area contributed by atoms with Crippen LogP contribution in [0.3, 0.4) is 0 Å². The molecule has 0 fully saturated rings. The van der Waals surface area contributed by atoms with Crippen LogP contribution in [0.25, 0.3) is 0 Å². The Balaban J connectivity index is 2.32. The fourth-order valence-corrected chi connectivity index (χ4v) is 1.02. The molecule has 1 nitrogen and oxygen atoms in total. The van der Waals surface area contributed by atoms with E-state index in [-0.39, 0.29) is 0 Å². The first-order valence-corrected chi connectivity index (χ1v) is 3.58. The molecule has 1 aliphatic heterocycles. The maximum absolute atomic E-state index is 4.79. The van der Waals surface area contributed by atoms with Crippen molar-refractivity contribution in [3.05, 3.63) is 11.2 Å². The molecule has 1 rings (SSSR count). The molecule has 0 aromatic carbocycles. The van der Waals surface area contributed by atoms with Crippen LogP contribution in [0, 0.1) is 0 Å². The first-order valence-electron chi connectivity index (χ1n) is 1.38. The van der Waals surface area contributed by atoms with Crippen LogP contribution in [0.15, 0.2) is 11.2 Å². The van der Waals surface area contributed by atoms with E-state index >= 15 is 0 Å². The normalized spacial score (nSPS) is 19.2. The molecular formula is C3H4OSe. The fourth-order valence-electron chi connectivity index (χ4n) is 0.196. The fraction of sp³-hybridized carbons (Fsp3) is 0.333. The molecule has 0 bridgehead atoms. The van der Waals surface area contributed by atoms with Gasteiger partial charge in [0.1, 0.15) is 0 Å². The molecule has 0 aliphatic carbocycles. The van der Waals surface area contributed by atoms with Crippen molar-refractivity contribution in [3.63, 3.8) is 0 Å². The third-order valence-electron chi connectivity index (χ3n) is 0.384. The van der Waals surface area contributed by atoms with Gasteiger partial charge < -0.3 is 0 Å². The van der Waals surface area contributed by atoms with Crippen molar-refractivity contribution in [2.24, 2.45) is 0 Å². The van der Waals surface area contributed by atoms with Crippen molar-refractivity contribution in [1.29, 1.82) is 0 Å². The summed E-state index contributed by atoms with van der Waals surface area (Å²) >= 11 is 0.667. The van der Waals surface area contributed by atoms with E-state index in [0.717, 1.165) is 5.51 Å². The first kappa shape index (κ1) is 3.26. The van der Waals surface area contributed by atoms with E-state index in [4.69, 9.17) is 4.74 Å². The van der Waals surface area contributed by atoms with Crippen molar-refractivity contribution < 1.29 is 4.74 Å². The Kier molecular flexibility index (Phi) is 0.967. The number of hydrogen-bond acceptors (Lipinski definition) is 1. The van der Waals surface area contributed by atoms with Gasteiger partial charge in [-0.15, -0.1) is 0 Å². The van der Waals surface area contributed by atoms with Crippen molar-refractivity contribution in [2.45, 2.75) is 0 Å². The van der Waals surface area contributed by atoms with Crippen LogP contribution in [0.4, 0.5) is 0 Å². The van der Waals surface area contributed by atoms with Gasteiger partial charge in [-0.3, -0.25) is 0 Å². The molecule has 0 saturated heterocycles. The van der Waals surface area contributed by atoms with E-state index in [1.165, 1.54) is 0 Å². The molecule has 0 spiro atoms. The van der Waals surface area contributed by atoms with Gasteiger partial charge in [-0.25, -0.2) is 0 Å². The summed E-state index contributed by atoms with van der Waals surface area (Å²) in [4.78, 5) is 2.08. The maximum atomic E-state index is 4.79. The third kappa shape index (κ3) is 0.673. The second-order valence-corrected chi connectivity index (χ2v) is 2.49. The Morgan fingerprint density at radius 1 is 1.80 bits per heavy atom. The molecule has 0 unspecified atom stereocenters. The van der Waals surface area contributed by atoms with Crippen molar-refractivity contribution in [1.82, 2.24) is 0 Å². The Morgan fingerprint density at radius 3 is 3.00 bits per heavy atom. The summed E-state index contributed by atoms with van der Waals surface area (Å²) in [7, 11) is 0. The minimum atomic E-state index is 0.667. The van der Waals surface area contributed by atoms with Gasteiger partial charge in [-0.1, -0.05) is 0 Å². The molecule has 0 atom stereocenters. The second-order valence-electron chi connectivity index (χ2n) is 0.723. The van der Waals surface area contributed by atoms with Crippen LogP contribution in [0.2, 0.25) is 0 Å². The van der Waals surface area contributed by atoms with Crippen LogP contribution in [-0.4, -0.2) is 20.5 Å². The van der Waals surface area contributed by atoms with Crippen LogP contribution in [0.1, 0.15) is 0 Å². The zero-order valence-electron chi connectivity index (χ0n) is 2.68. The molecule has 0 saturated carbocycles. The summed E-state index contributed by atoms with van der Waals surface area (Å²) in [6.07, 6.45) is 1.76. The number of ether oxygens (including phenoxy) is 1. The Labute approximate surface area is 37.2 Å². The predicted octanol–water partition coefficient (Wildman–Crippen LogP) is 0.149. The van der Waals surface area contributed by atoms with E-state index in [1.807, 2.05) is 0 Å². The predicted molar refractivity (Wildman–Crippen MR) is 20.8 cm³/mol. The van der Waals surface area contributed by atoms with Gasteiger partial charge >= 0.3 is 36.4 Å². The minimum absolute atomic E-state index is 0.667. The van der Waals surface area contributed by atoms with E-state index in [0.29, 0.717) is 15.0 Å². The topological polar surface area (TPSA) is 9.23 Å². The van der Waals surface area contributed by atoms with Gasteiger partial charge in [0.05, 0.1) is 0 Å².